The topological polar surface area (TPSA) is 66.4 Å². The van der Waals surface area contributed by atoms with E-state index in [2.05, 4.69) is 27.3 Å². The molecule has 4 aliphatic rings. The van der Waals surface area contributed by atoms with Crippen molar-refractivity contribution in [3.63, 3.8) is 0 Å². The highest BCUT2D eigenvalue weighted by atomic mass is 79.9. The second kappa shape index (κ2) is 5.73. The maximum Gasteiger partial charge on any atom is 0.307 e. The number of aryl methyl sites for hydroxylation is 1. The minimum atomic E-state index is -0.841. The van der Waals surface area contributed by atoms with E-state index in [0.29, 0.717) is 11.8 Å². The standard InChI is InChI=1S/C19H20BrNO3/c1-2-9-7-10(20)3-6-15(9)21-18(22)16-11-4-5-12(14-8-13(11)14)17(16)19(23)24/h3-7,11-14,16-17H,2,8H2,1H3,(H,21,22)(H,23,24)/t11-,12-,13-,14-,16+,17+/m1/s1. The number of allylic oxidation sites excluding steroid dienone is 2. The van der Waals surface area contributed by atoms with E-state index in [4.69, 9.17) is 0 Å². The molecule has 4 aliphatic carbocycles. The van der Waals surface area contributed by atoms with Crippen molar-refractivity contribution in [3.8, 4) is 0 Å². The summed E-state index contributed by atoms with van der Waals surface area (Å²) in [7, 11) is 0. The lowest BCUT2D eigenvalue weighted by Gasteiger charge is -2.41. The molecule has 0 spiro atoms. The van der Waals surface area contributed by atoms with Crippen molar-refractivity contribution < 1.29 is 14.7 Å². The van der Waals surface area contributed by atoms with Crippen LogP contribution < -0.4 is 5.32 Å². The van der Waals surface area contributed by atoms with Crippen molar-refractivity contribution in [2.45, 2.75) is 19.8 Å². The molecule has 2 bridgehead atoms. The molecule has 126 valence electrons. The SMILES string of the molecule is CCc1cc(Br)ccc1NC(=O)[C@H]1[C@@H]2C=C[C@H]([C@H]3C[C@H]23)[C@@H]1C(=O)O. The normalized spacial score (nSPS) is 35.4. The van der Waals surface area contributed by atoms with E-state index in [1.165, 1.54) is 0 Å². The first-order valence-electron chi connectivity index (χ1n) is 8.51. The molecule has 0 unspecified atom stereocenters. The lowest BCUT2D eigenvalue weighted by Crippen LogP contribution is -2.48. The minimum Gasteiger partial charge on any atom is -0.481 e. The van der Waals surface area contributed by atoms with Gasteiger partial charge in [-0.05, 0) is 60.3 Å². The summed E-state index contributed by atoms with van der Waals surface area (Å²) in [6.07, 6.45) is 6.00. The van der Waals surface area contributed by atoms with E-state index >= 15 is 0 Å². The first-order chi connectivity index (χ1) is 11.5. The highest BCUT2D eigenvalue weighted by Gasteiger charge is 2.62. The summed E-state index contributed by atoms with van der Waals surface area (Å²) in [4.78, 5) is 24.8. The Kier molecular flexibility index (Phi) is 3.79. The van der Waals surface area contributed by atoms with Crippen LogP contribution in [0.1, 0.15) is 18.9 Å². The number of anilines is 1. The zero-order valence-corrected chi connectivity index (χ0v) is 15.0. The van der Waals surface area contributed by atoms with Gasteiger partial charge in [0.25, 0.3) is 0 Å². The quantitative estimate of drug-likeness (QED) is 0.771. The van der Waals surface area contributed by atoms with E-state index in [0.717, 1.165) is 28.6 Å². The van der Waals surface area contributed by atoms with Crippen LogP contribution >= 0.6 is 15.9 Å². The van der Waals surface area contributed by atoms with Crippen LogP contribution in [0.3, 0.4) is 0 Å². The third-order valence-electron chi connectivity index (χ3n) is 5.95. The minimum absolute atomic E-state index is 0.0174. The zero-order valence-electron chi connectivity index (χ0n) is 13.4. The number of carbonyl (C=O) groups is 2. The van der Waals surface area contributed by atoms with Gasteiger partial charge in [-0.15, -0.1) is 0 Å². The van der Waals surface area contributed by atoms with Crippen molar-refractivity contribution in [3.05, 3.63) is 40.4 Å². The summed E-state index contributed by atoms with van der Waals surface area (Å²) in [5, 5.41) is 12.7. The number of hydrogen-bond donors (Lipinski definition) is 2. The van der Waals surface area contributed by atoms with Crippen molar-refractivity contribution >= 4 is 33.5 Å². The molecular weight excluding hydrogens is 370 g/mol. The summed E-state index contributed by atoms with van der Waals surface area (Å²) in [6, 6.07) is 5.77. The maximum atomic E-state index is 13.0. The summed E-state index contributed by atoms with van der Waals surface area (Å²) in [6.45, 7) is 2.04. The molecule has 4 nitrogen and oxygen atoms in total. The van der Waals surface area contributed by atoms with Gasteiger partial charge in [-0.25, -0.2) is 0 Å². The molecule has 1 amide bonds. The number of carboxylic acids is 1. The maximum absolute atomic E-state index is 13.0. The lowest BCUT2D eigenvalue weighted by atomic mass is 9.62. The Morgan fingerprint density at radius 3 is 2.50 bits per heavy atom. The number of aliphatic carboxylic acids is 1. The van der Waals surface area contributed by atoms with E-state index in [9.17, 15) is 14.7 Å². The Morgan fingerprint density at radius 2 is 1.88 bits per heavy atom. The molecule has 0 aliphatic heterocycles. The van der Waals surface area contributed by atoms with Crippen LogP contribution in [0.15, 0.2) is 34.8 Å². The molecule has 1 aromatic carbocycles. The van der Waals surface area contributed by atoms with Crippen LogP contribution in [0.5, 0.6) is 0 Å². The molecule has 1 aromatic rings. The van der Waals surface area contributed by atoms with Gasteiger partial charge >= 0.3 is 5.97 Å². The molecule has 0 radical (unpaired) electrons. The molecule has 2 N–H and O–H groups in total. The fourth-order valence-corrected chi connectivity index (χ4v) is 5.17. The second-order valence-corrected chi connectivity index (χ2v) is 8.05. The predicted octanol–water partition coefficient (Wildman–Crippen LogP) is 3.72. The molecule has 5 heteroatoms. The zero-order chi connectivity index (χ0) is 17.0. The molecule has 2 saturated carbocycles. The van der Waals surface area contributed by atoms with E-state index in [-0.39, 0.29) is 17.7 Å². The first kappa shape index (κ1) is 15.9. The third-order valence-corrected chi connectivity index (χ3v) is 6.44. The molecule has 0 saturated heterocycles. The highest BCUT2D eigenvalue weighted by molar-refractivity contribution is 9.10. The number of benzene rings is 1. The van der Waals surface area contributed by atoms with Gasteiger partial charge in [-0.3, -0.25) is 9.59 Å². The highest BCUT2D eigenvalue weighted by Crippen LogP contribution is 2.63. The van der Waals surface area contributed by atoms with Gasteiger partial charge in [0.05, 0.1) is 11.8 Å². The molecule has 2 fully saturated rings. The molecular formula is C19H20BrNO3. The molecule has 0 heterocycles. The number of rotatable bonds is 4. The van der Waals surface area contributed by atoms with Crippen LogP contribution in [0, 0.1) is 35.5 Å². The van der Waals surface area contributed by atoms with Gasteiger partial charge in [0.2, 0.25) is 5.91 Å². The first-order valence-corrected chi connectivity index (χ1v) is 9.31. The van der Waals surface area contributed by atoms with Crippen molar-refractivity contribution in [2.24, 2.45) is 35.5 Å². The van der Waals surface area contributed by atoms with E-state index < -0.39 is 17.8 Å². The van der Waals surface area contributed by atoms with Crippen LogP contribution in [0.2, 0.25) is 0 Å². The average Bonchev–Trinajstić information content (AvgIpc) is 3.37. The monoisotopic (exact) mass is 389 g/mol. The fourth-order valence-electron chi connectivity index (χ4n) is 4.76. The second-order valence-electron chi connectivity index (χ2n) is 7.14. The molecule has 5 rings (SSSR count). The van der Waals surface area contributed by atoms with Gasteiger partial charge in [-0.2, -0.15) is 0 Å². The lowest BCUT2D eigenvalue weighted by molar-refractivity contribution is -0.152. The Morgan fingerprint density at radius 1 is 1.21 bits per heavy atom. The van der Waals surface area contributed by atoms with Crippen molar-refractivity contribution in [1.29, 1.82) is 0 Å². The van der Waals surface area contributed by atoms with Crippen LogP contribution in [-0.4, -0.2) is 17.0 Å². The third kappa shape index (κ3) is 2.41. The van der Waals surface area contributed by atoms with Crippen molar-refractivity contribution in [2.75, 3.05) is 5.32 Å². The number of carboxylic acid groups (broad SMARTS) is 1. The summed E-state index contributed by atoms with van der Waals surface area (Å²) < 4.78 is 0.973. The van der Waals surface area contributed by atoms with Gasteiger partial charge in [0, 0.05) is 10.2 Å². The number of hydrogen-bond acceptors (Lipinski definition) is 2. The van der Waals surface area contributed by atoms with Gasteiger partial charge in [-0.1, -0.05) is 35.0 Å². The van der Waals surface area contributed by atoms with Crippen LogP contribution in [0.25, 0.3) is 0 Å². The Balaban J connectivity index is 1.62. The number of fused-ring (bicyclic) bond motifs is 1. The Hall–Kier alpha value is -1.62. The summed E-state index contributed by atoms with van der Waals surface area (Å²) >= 11 is 3.45. The van der Waals surface area contributed by atoms with Crippen molar-refractivity contribution in [1.82, 2.24) is 0 Å². The Labute approximate surface area is 149 Å². The van der Waals surface area contributed by atoms with Crippen LogP contribution in [-0.2, 0) is 16.0 Å². The fraction of sp³-hybridized carbons (Fsp3) is 0.474. The molecule has 24 heavy (non-hydrogen) atoms. The number of halogens is 1. The number of nitrogens with one attached hydrogen (secondary N) is 1. The van der Waals surface area contributed by atoms with Crippen LogP contribution in [0.4, 0.5) is 5.69 Å². The van der Waals surface area contributed by atoms with E-state index in [1.54, 1.807) is 0 Å². The molecule has 0 aromatic heterocycles. The summed E-state index contributed by atoms with van der Waals surface area (Å²) in [5.41, 5.74) is 1.83. The number of carbonyl (C=O) groups excluding carboxylic acids is 1. The van der Waals surface area contributed by atoms with Gasteiger partial charge in [0.1, 0.15) is 0 Å². The average molecular weight is 390 g/mol. The predicted molar refractivity (Wildman–Crippen MR) is 94.5 cm³/mol. The Bertz CT molecular complexity index is 744. The summed E-state index contributed by atoms with van der Waals surface area (Å²) in [5.74, 6) is -0.981. The van der Waals surface area contributed by atoms with Gasteiger partial charge in [0.15, 0.2) is 0 Å². The van der Waals surface area contributed by atoms with E-state index in [1.807, 2.05) is 31.2 Å². The largest absolute Gasteiger partial charge is 0.481 e. The number of amides is 1. The van der Waals surface area contributed by atoms with Gasteiger partial charge < -0.3 is 10.4 Å². The molecule has 6 atom stereocenters. The smallest absolute Gasteiger partial charge is 0.307 e.